The second-order valence-corrected chi connectivity index (χ2v) is 5.49. The summed E-state index contributed by atoms with van der Waals surface area (Å²) in [5.74, 6) is 0.0198. The highest BCUT2D eigenvalue weighted by molar-refractivity contribution is 5.29. The van der Waals surface area contributed by atoms with E-state index in [0.717, 1.165) is 5.56 Å². The third kappa shape index (κ3) is 5.18. The van der Waals surface area contributed by atoms with Gasteiger partial charge in [-0.1, -0.05) is 6.07 Å². The first-order valence-corrected chi connectivity index (χ1v) is 5.96. The van der Waals surface area contributed by atoms with Gasteiger partial charge in [-0.3, -0.25) is 0 Å². The van der Waals surface area contributed by atoms with Crippen LogP contribution in [0.4, 0.5) is 4.39 Å². The Labute approximate surface area is 103 Å². The van der Waals surface area contributed by atoms with Gasteiger partial charge < -0.3 is 10.1 Å². The van der Waals surface area contributed by atoms with Crippen LogP contribution in [0.3, 0.4) is 0 Å². The van der Waals surface area contributed by atoms with E-state index in [-0.39, 0.29) is 17.5 Å². The van der Waals surface area contributed by atoms with E-state index in [1.54, 1.807) is 12.1 Å². The van der Waals surface area contributed by atoms with Crippen LogP contribution in [-0.2, 0) is 0 Å². The summed E-state index contributed by atoms with van der Waals surface area (Å²) in [7, 11) is 0. The molecule has 96 valence electrons. The molecule has 0 fully saturated rings. The van der Waals surface area contributed by atoms with Gasteiger partial charge in [-0.2, -0.15) is 0 Å². The van der Waals surface area contributed by atoms with Crippen LogP contribution < -0.4 is 10.1 Å². The minimum absolute atomic E-state index is 0.0444. The first kappa shape index (κ1) is 14.0. The number of nitrogens with one attached hydrogen (secondary N) is 1. The molecule has 0 saturated heterocycles. The molecule has 1 unspecified atom stereocenters. The Morgan fingerprint density at radius 2 is 2.00 bits per heavy atom. The van der Waals surface area contributed by atoms with Gasteiger partial charge in [-0.15, -0.1) is 0 Å². The molecule has 1 N–H and O–H groups in total. The molecule has 0 aliphatic carbocycles. The van der Waals surface area contributed by atoms with E-state index in [4.69, 9.17) is 4.74 Å². The fourth-order valence-corrected chi connectivity index (χ4v) is 1.41. The van der Waals surface area contributed by atoms with Crippen molar-refractivity contribution in [3.05, 3.63) is 29.6 Å². The Hall–Kier alpha value is -1.09. The third-order valence-electron chi connectivity index (χ3n) is 2.33. The summed E-state index contributed by atoms with van der Waals surface area (Å²) < 4.78 is 19.0. The standard InChI is InChI=1S/C14H22FNO/c1-10-6-7-12(15)13(8-10)17-11(2)9-16-14(3,4)5/h6-8,11,16H,9H2,1-5H3. The monoisotopic (exact) mass is 239 g/mol. The maximum atomic E-state index is 13.5. The quantitative estimate of drug-likeness (QED) is 0.870. The molecule has 0 aromatic heterocycles. The number of hydrogen-bond donors (Lipinski definition) is 1. The minimum atomic E-state index is -0.307. The van der Waals surface area contributed by atoms with E-state index in [1.807, 2.05) is 13.8 Å². The van der Waals surface area contributed by atoms with Crippen molar-refractivity contribution in [2.45, 2.75) is 46.3 Å². The molecular weight excluding hydrogens is 217 g/mol. The van der Waals surface area contributed by atoms with Crippen molar-refractivity contribution in [2.24, 2.45) is 0 Å². The van der Waals surface area contributed by atoms with Crippen LogP contribution in [0, 0.1) is 12.7 Å². The Bertz CT molecular complexity index is 371. The van der Waals surface area contributed by atoms with Gasteiger partial charge in [-0.05, 0) is 52.3 Å². The second kappa shape index (κ2) is 5.50. The highest BCUT2D eigenvalue weighted by Gasteiger charge is 2.13. The lowest BCUT2D eigenvalue weighted by atomic mass is 10.1. The predicted molar refractivity (Wildman–Crippen MR) is 69.0 cm³/mol. The van der Waals surface area contributed by atoms with Crippen molar-refractivity contribution in [1.82, 2.24) is 5.32 Å². The summed E-state index contributed by atoms with van der Waals surface area (Å²) in [6, 6.07) is 4.90. The fourth-order valence-electron chi connectivity index (χ4n) is 1.41. The zero-order chi connectivity index (χ0) is 13.1. The molecule has 3 heteroatoms. The SMILES string of the molecule is Cc1ccc(F)c(OC(C)CNC(C)(C)C)c1. The van der Waals surface area contributed by atoms with Crippen molar-refractivity contribution in [2.75, 3.05) is 6.54 Å². The van der Waals surface area contributed by atoms with E-state index in [1.165, 1.54) is 6.07 Å². The van der Waals surface area contributed by atoms with Crippen molar-refractivity contribution < 1.29 is 9.13 Å². The molecule has 0 amide bonds. The Kier molecular flexibility index (Phi) is 4.52. The normalized spacial score (nSPS) is 13.5. The zero-order valence-electron chi connectivity index (χ0n) is 11.3. The maximum absolute atomic E-state index is 13.5. The predicted octanol–water partition coefficient (Wildman–Crippen LogP) is 3.29. The Morgan fingerprint density at radius 3 is 2.59 bits per heavy atom. The summed E-state index contributed by atoms with van der Waals surface area (Å²) in [6.45, 7) is 10.8. The molecule has 1 aromatic carbocycles. The van der Waals surface area contributed by atoms with Gasteiger partial charge in [0, 0.05) is 12.1 Å². The molecule has 0 spiro atoms. The molecule has 0 aliphatic rings. The Morgan fingerprint density at radius 1 is 1.35 bits per heavy atom. The molecule has 1 aromatic rings. The first-order chi connectivity index (χ1) is 7.78. The topological polar surface area (TPSA) is 21.3 Å². The number of ether oxygens (including phenoxy) is 1. The summed E-state index contributed by atoms with van der Waals surface area (Å²) in [5, 5.41) is 3.33. The van der Waals surface area contributed by atoms with E-state index in [9.17, 15) is 4.39 Å². The largest absolute Gasteiger partial charge is 0.486 e. The molecule has 1 rings (SSSR count). The van der Waals surface area contributed by atoms with Crippen LogP contribution in [-0.4, -0.2) is 18.2 Å². The van der Waals surface area contributed by atoms with Crippen LogP contribution in [0.15, 0.2) is 18.2 Å². The van der Waals surface area contributed by atoms with Crippen molar-refractivity contribution in [1.29, 1.82) is 0 Å². The van der Waals surface area contributed by atoms with Gasteiger partial charge in [0.2, 0.25) is 0 Å². The van der Waals surface area contributed by atoms with Gasteiger partial charge >= 0.3 is 0 Å². The van der Waals surface area contributed by atoms with Gasteiger partial charge in [0.15, 0.2) is 11.6 Å². The van der Waals surface area contributed by atoms with Crippen LogP contribution in [0.2, 0.25) is 0 Å². The smallest absolute Gasteiger partial charge is 0.165 e. The van der Waals surface area contributed by atoms with Crippen molar-refractivity contribution >= 4 is 0 Å². The van der Waals surface area contributed by atoms with Gasteiger partial charge in [0.1, 0.15) is 6.10 Å². The van der Waals surface area contributed by atoms with Crippen LogP contribution >= 0.6 is 0 Å². The maximum Gasteiger partial charge on any atom is 0.165 e. The summed E-state index contributed by atoms with van der Waals surface area (Å²) in [4.78, 5) is 0. The van der Waals surface area contributed by atoms with E-state index >= 15 is 0 Å². The van der Waals surface area contributed by atoms with E-state index in [2.05, 4.69) is 26.1 Å². The number of hydrogen-bond acceptors (Lipinski definition) is 2. The summed E-state index contributed by atoms with van der Waals surface area (Å²) >= 11 is 0. The van der Waals surface area contributed by atoms with E-state index < -0.39 is 0 Å². The molecule has 0 heterocycles. The average molecular weight is 239 g/mol. The molecule has 0 bridgehead atoms. The molecule has 2 nitrogen and oxygen atoms in total. The van der Waals surface area contributed by atoms with Crippen molar-refractivity contribution in [3.8, 4) is 5.75 Å². The third-order valence-corrected chi connectivity index (χ3v) is 2.33. The average Bonchev–Trinajstić information content (AvgIpc) is 2.20. The lowest BCUT2D eigenvalue weighted by Crippen LogP contribution is -2.41. The number of benzene rings is 1. The van der Waals surface area contributed by atoms with Crippen molar-refractivity contribution in [3.63, 3.8) is 0 Å². The van der Waals surface area contributed by atoms with Gasteiger partial charge in [0.05, 0.1) is 0 Å². The molecule has 0 saturated carbocycles. The first-order valence-electron chi connectivity index (χ1n) is 5.96. The minimum Gasteiger partial charge on any atom is -0.486 e. The number of rotatable bonds is 4. The highest BCUT2D eigenvalue weighted by Crippen LogP contribution is 2.19. The fraction of sp³-hybridized carbons (Fsp3) is 0.571. The van der Waals surface area contributed by atoms with Gasteiger partial charge in [-0.25, -0.2) is 4.39 Å². The molecule has 0 aliphatic heterocycles. The lowest BCUT2D eigenvalue weighted by Gasteiger charge is -2.24. The Balaban J connectivity index is 2.56. The lowest BCUT2D eigenvalue weighted by molar-refractivity contribution is 0.195. The zero-order valence-corrected chi connectivity index (χ0v) is 11.3. The van der Waals surface area contributed by atoms with Crippen LogP contribution in [0.25, 0.3) is 0 Å². The molecule has 0 radical (unpaired) electrons. The summed E-state index contributed by atoms with van der Waals surface area (Å²) in [5.41, 5.74) is 1.04. The molecule has 17 heavy (non-hydrogen) atoms. The summed E-state index contributed by atoms with van der Waals surface area (Å²) in [6.07, 6.45) is -0.0643. The second-order valence-electron chi connectivity index (χ2n) is 5.49. The van der Waals surface area contributed by atoms with Gasteiger partial charge in [0.25, 0.3) is 0 Å². The highest BCUT2D eigenvalue weighted by atomic mass is 19.1. The van der Waals surface area contributed by atoms with Crippen LogP contribution in [0.1, 0.15) is 33.3 Å². The van der Waals surface area contributed by atoms with Crippen LogP contribution in [0.5, 0.6) is 5.75 Å². The molecule has 1 atom stereocenters. The van der Waals surface area contributed by atoms with E-state index in [0.29, 0.717) is 12.3 Å². The number of aryl methyl sites for hydroxylation is 1. The number of halogens is 1. The molecular formula is C14H22FNO.